The average molecular weight is 254 g/mol. The number of fused-ring (bicyclic) bond motifs is 1. The normalized spacial score (nSPS) is 18.0. The molecule has 98 valence electrons. The molecule has 1 aromatic heterocycles. The SMILES string of the molecule is CNc1nccc(N2Cc3ccccc3C[C@@H]2C)n1. The quantitative estimate of drug-likeness (QED) is 0.894. The Morgan fingerprint density at radius 1 is 1.21 bits per heavy atom. The minimum Gasteiger partial charge on any atom is -0.357 e. The summed E-state index contributed by atoms with van der Waals surface area (Å²) in [7, 11) is 1.84. The van der Waals surface area contributed by atoms with Crippen LogP contribution in [0.1, 0.15) is 18.1 Å². The van der Waals surface area contributed by atoms with Crippen LogP contribution in [0.25, 0.3) is 0 Å². The summed E-state index contributed by atoms with van der Waals surface area (Å²) in [5.41, 5.74) is 2.85. The van der Waals surface area contributed by atoms with Gasteiger partial charge in [-0.1, -0.05) is 24.3 Å². The van der Waals surface area contributed by atoms with E-state index in [0.29, 0.717) is 12.0 Å². The Morgan fingerprint density at radius 2 is 2.00 bits per heavy atom. The number of hydrogen-bond acceptors (Lipinski definition) is 4. The van der Waals surface area contributed by atoms with Gasteiger partial charge in [-0.25, -0.2) is 4.98 Å². The van der Waals surface area contributed by atoms with Gasteiger partial charge in [0.2, 0.25) is 5.95 Å². The number of nitrogens with zero attached hydrogens (tertiary/aromatic N) is 3. The van der Waals surface area contributed by atoms with Crippen molar-refractivity contribution in [3.63, 3.8) is 0 Å². The van der Waals surface area contributed by atoms with Crippen molar-refractivity contribution < 1.29 is 0 Å². The number of rotatable bonds is 2. The fourth-order valence-electron chi connectivity index (χ4n) is 2.62. The summed E-state index contributed by atoms with van der Waals surface area (Å²) in [6.07, 6.45) is 2.87. The van der Waals surface area contributed by atoms with E-state index >= 15 is 0 Å². The lowest BCUT2D eigenvalue weighted by Gasteiger charge is -2.35. The molecule has 0 bridgehead atoms. The Balaban J connectivity index is 1.93. The zero-order valence-electron chi connectivity index (χ0n) is 11.3. The molecule has 0 fully saturated rings. The van der Waals surface area contributed by atoms with Crippen molar-refractivity contribution in [2.45, 2.75) is 25.9 Å². The molecule has 1 atom stereocenters. The van der Waals surface area contributed by atoms with E-state index in [1.165, 1.54) is 11.1 Å². The van der Waals surface area contributed by atoms with Gasteiger partial charge < -0.3 is 10.2 Å². The smallest absolute Gasteiger partial charge is 0.224 e. The third kappa shape index (κ3) is 2.26. The first-order valence-corrected chi connectivity index (χ1v) is 6.62. The van der Waals surface area contributed by atoms with E-state index in [0.717, 1.165) is 18.8 Å². The van der Waals surface area contributed by atoms with Gasteiger partial charge in [-0.05, 0) is 30.5 Å². The fourth-order valence-corrected chi connectivity index (χ4v) is 2.62. The average Bonchev–Trinajstić information content (AvgIpc) is 2.46. The first kappa shape index (κ1) is 12.0. The Kier molecular flexibility index (Phi) is 3.07. The molecule has 19 heavy (non-hydrogen) atoms. The van der Waals surface area contributed by atoms with Gasteiger partial charge in [0, 0.05) is 25.8 Å². The standard InChI is InChI=1S/C15H18N4/c1-11-9-12-5-3-4-6-13(12)10-19(11)14-7-8-17-15(16-2)18-14/h3-8,11H,9-10H2,1-2H3,(H,16,17,18)/t11-/m0/s1. The molecule has 4 heteroatoms. The summed E-state index contributed by atoms with van der Waals surface area (Å²) in [4.78, 5) is 11.1. The maximum atomic E-state index is 4.54. The van der Waals surface area contributed by atoms with Crippen molar-refractivity contribution in [2.24, 2.45) is 0 Å². The second kappa shape index (κ2) is 4.88. The fraction of sp³-hybridized carbons (Fsp3) is 0.333. The third-order valence-electron chi connectivity index (χ3n) is 3.67. The minimum absolute atomic E-state index is 0.453. The molecule has 0 amide bonds. The number of benzene rings is 1. The largest absolute Gasteiger partial charge is 0.357 e. The van der Waals surface area contributed by atoms with Gasteiger partial charge >= 0.3 is 0 Å². The predicted molar refractivity (Wildman–Crippen MR) is 77.4 cm³/mol. The van der Waals surface area contributed by atoms with E-state index in [-0.39, 0.29) is 0 Å². The minimum atomic E-state index is 0.453. The molecule has 0 unspecified atom stereocenters. The van der Waals surface area contributed by atoms with Crippen molar-refractivity contribution in [3.05, 3.63) is 47.7 Å². The molecule has 0 aliphatic carbocycles. The second-order valence-corrected chi connectivity index (χ2v) is 4.94. The molecule has 3 rings (SSSR count). The van der Waals surface area contributed by atoms with Gasteiger partial charge in [0.05, 0.1) is 0 Å². The number of nitrogens with one attached hydrogen (secondary N) is 1. The van der Waals surface area contributed by atoms with Crippen LogP contribution in [0.4, 0.5) is 11.8 Å². The lowest BCUT2D eigenvalue weighted by molar-refractivity contribution is 0.587. The van der Waals surface area contributed by atoms with Crippen molar-refractivity contribution in [3.8, 4) is 0 Å². The molecule has 0 saturated heterocycles. The summed E-state index contributed by atoms with van der Waals surface area (Å²) in [5.74, 6) is 1.66. The molecule has 1 aliphatic heterocycles. The highest BCUT2D eigenvalue weighted by Crippen LogP contribution is 2.27. The Bertz CT molecular complexity index is 582. The van der Waals surface area contributed by atoms with Gasteiger partial charge in [-0.2, -0.15) is 4.98 Å². The monoisotopic (exact) mass is 254 g/mol. The molecule has 4 nitrogen and oxygen atoms in total. The van der Waals surface area contributed by atoms with Crippen LogP contribution in [0.5, 0.6) is 0 Å². The van der Waals surface area contributed by atoms with Crippen LogP contribution < -0.4 is 10.2 Å². The predicted octanol–water partition coefficient (Wildman–Crippen LogP) is 2.47. The van der Waals surface area contributed by atoms with Crippen molar-refractivity contribution in [1.82, 2.24) is 9.97 Å². The Labute approximate surface area is 113 Å². The van der Waals surface area contributed by atoms with Gasteiger partial charge in [-0.15, -0.1) is 0 Å². The summed E-state index contributed by atoms with van der Waals surface area (Å²) < 4.78 is 0. The van der Waals surface area contributed by atoms with Crippen LogP contribution in [0, 0.1) is 0 Å². The summed E-state index contributed by atoms with van der Waals surface area (Å²) in [6, 6.07) is 11.1. The maximum Gasteiger partial charge on any atom is 0.224 e. The molecule has 1 aliphatic rings. The lowest BCUT2D eigenvalue weighted by Crippen LogP contribution is -2.39. The molecule has 1 N–H and O–H groups in total. The van der Waals surface area contributed by atoms with Crippen LogP contribution in [-0.2, 0) is 13.0 Å². The van der Waals surface area contributed by atoms with Crippen LogP contribution in [0.2, 0.25) is 0 Å². The second-order valence-electron chi connectivity index (χ2n) is 4.94. The van der Waals surface area contributed by atoms with E-state index < -0.39 is 0 Å². The van der Waals surface area contributed by atoms with Crippen LogP contribution >= 0.6 is 0 Å². The van der Waals surface area contributed by atoms with Gasteiger partial charge in [0.1, 0.15) is 5.82 Å². The van der Waals surface area contributed by atoms with Crippen LogP contribution in [0.3, 0.4) is 0 Å². The zero-order valence-corrected chi connectivity index (χ0v) is 11.3. The Morgan fingerprint density at radius 3 is 2.79 bits per heavy atom. The molecule has 1 aromatic carbocycles. The zero-order chi connectivity index (χ0) is 13.2. The number of hydrogen-bond donors (Lipinski definition) is 1. The summed E-state index contributed by atoms with van der Waals surface area (Å²) in [5, 5.41) is 2.99. The molecule has 0 radical (unpaired) electrons. The summed E-state index contributed by atoms with van der Waals surface area (Å²) in [6.45, 7) is 3.16. The van der Waals surface area contributed by atoms with Crippen molar-refractivity contribution in [2.75, 3.05) is 17.3 Å². The highest BCUT2D eigenvalue weighted by atomic mass is 15.2. The van der Waals surface area contributed by atoms with E-state index in [9.17, 15) is 0 Å². The topological polar surface area (TPSA) is 41.1 Å². The maximum absolute atomic E-state index is 4.54. The third-order valence-corrected chi connectivity index (χ3v) is 3.67. The van der Waals surface area contributed by atoms with Crippen LogP contribution in [-0.4, -0.2) is 23.1 Å². The molecular formula is C15H18N4. The molecule has 2 heterocycles. The van der Waals surface area contributed by atoms with Gasteiger partial charge in [0.25, 0.3) is 0 Å². The lowest BCUT2D eigenvalue weighted by atomic mass is 9.95. The van der Waals surface area contributed by atoms with Gasteiger partial charge in [0.15, 0.2) is 0 Å². The van der Waals surface area contributed by atoms with Crippen molar-refractivity contribution in [1.29, 1.82) is 0 Å². The summed E-state index contributed by atoms with van der Waals surface area (Å²) >= 11 is 0. The first-order valence-electron chi connectivity index (χ1n) is 6.62. The number of anilines is 2. The van der Waals surface area contributed by atoms with E-state index in [2.05, 4.69) is 51.4 Å². The molecule has 0 saturated carbocycles. The van der Waals surface area contributed by atoms with E-state index in [4.69, 9.17) is 0 Å². The molecular weight excluding hydrogens is 236 g/mol. The molecule has 0 spiro atoms. The highest BCUT2D eigenvalue weighted by Gasteiger charge is 2.23. The molecule has 2 aromatic rings. The van der Waals surface area contributed by atoms with Gasteiger partial charge in [-0.3, -0.25) is 0 Å². The first-order chi connectivity index (χ1) is 9.28. The van der Waals surface area contributed by atoms with Crippen LogP contribution in [0.15, 0.2) is 36.5 Å². The van der Waals surface area contributed by atoms with E-state index in [1.807, 2.05) is 13.1 Å². The number of aromatic nitrogens is 2. The van der Waals surface area contributed by atoms with E-state index in [1.54, 1.807) is 6.20 Å². The Hall–Kier alpha value is -2.10. The highest BCUT2D eigenvalue weighted by molar-refractivity contribution is 5.47. The van der Waals surface area contributed by atoms with Crippen molar-refractivity contribution >= 4 is 11.8 Å².